The van der Waals surface area contributed by atoms with E-state index in [9.17, 15) is 0 Å². The van der Waals surface area contributed by atoms with E-state index in [1.165, 1.54) is 0 Å². The number of rotatable bonds is 0. The molecule has 0 saturated carbocycles. The molecule has 0 radical (unpaired) electrons. The Morgan fingerprint density at radius 2 is 2.50 bits per heavy atom. The van der Waals surface area contributed by atoms with Gasteiger partial charge in [-0.3, -0.25) is 0 Å². The lowest BCUT2D eigenvalue weighted by Gasteiger charge is -2.19. The number of hydrogen-bond donors (Lipinski definition) is 1. The van der Waals surface area contributed by atoms with E-state index in [4.69, 9.17) is 10.00 Å². The minimum atomic E-state index is 0.560. The fraction of sp³-hybridized carbons (Fsp3) is 0.222. The van der Waals surface area contributed by atoms with Gasteiger partial charge in [0.25, 0.3) is 0 Å². The third-order valence-electron chi connectivity index (χ3n) is 1.88. The van der Waals surface area contributed by atoms with E-state index in [2.05, 4.69) is 11.4 Å². The van der Waals surface area contributed by atoms with Gasteiger partial charge in [-0.05, 0) is 12.2 Å². The van der Waals surface area contributed by atoms with Crippen molar-refractivity contribution in [2.75, 3.05) is 13.2 Å². The Labute approximate surface area is 70.6 Å². The van der Waals surface area contributed by atoms with Crippen LogP contribution < -0.4 is 5.32 Å². The van der Waals surface area contributed by atoms with Crippen molar-refractivity contribution in [1.29, 1.82) is 5.26 Å². The van der Waals surface area contributed by atoms with E-state index in [1.807, 2.05) is 12.2 Å². The van der Waals surface area contributed by atoms with E-state index in [0.29, 0.717) is 13.2 Å². The molecule has 2 aliphatic rings. The van der Waals surface area contributed by atoms with Gasteiger partial charge in [0.2, 0.25) is 0 Å². The molecule has 0 atom stereocenters. The fourth-order valence-corrected chi connectivity index (χ4v) is 1.25. The number of allylic oxidation sites excluding steroid dienone is 1. The van der Waals surface area contributed by atoms with Gasteiger partial charge in [0.1, 0.15) is 6.61 Å². The van der Waals surface area contributed by atoms with Gasteiger partial charge in [0.15, 0.2) is 0 Å². The molecule has 2 rings (SSSR count). The molecule has 2 aliphatic heterocycles. The molecule has 3 nitrogen and oxygen atoms in total. The molecule has 0 aromatic carbocycles. The topological polar surface area (TPSA) is 45.0 Å². The molecule has 12 heavy (non-hydrogen) atoms. The van der Waals surface area contributed by atoms with Crippen LogP contribution in [-0.2, 0) is 4.74 Å². The molecule has 0 spiro atoms. The number of nitrogens with one attached hydrogen (secondary N) is 1. The summed E-state index contributed by atoms with van der Waals surface area (Å²) < 4.78 is 5.10. The van der Waals surface area contributed by atoms with Crippen molar-refractivity contribution in [1.82, 2.24) is 5.32 Å². The maximum Gasteiger partial charge on any atom is 0.114 e. The number of ether oxygens (including phenoxy) is 1. The highest BCUT2D eigenvalue weighted by Gasteiger charge is 2.12. The summed E-state index contributed by atoms with van der Waals surface area (Å²) in [7, 11) is 0. The van der Waals surface area contributed by atoms with E-state index in [1.54, 1.807) is 6.26 Å². The predicted molar refractivity (Wildman–Crippen MR) is 43.8 cm³/mol. The van der Waals surface area contributed by atoms with Gasteiger partial charge >= 0.3 is 0 Å². The summed E-state index contributed by atoms with van der Waals surface area (Å²) in [5.74, 6) is 0. The van der Waals surface area contributed by atoms with Crippen molar-refractivity contribution in [2.24, 2.45) is 0 Å². The minimum Gasteiger partial charge on any atom is -0.496 e. The van der Waals surface area contributed by atoms with Crippen LogP contribution in [0.1, 0.15) is 0 Å². The summed E-state index contributed by atoms with van der Waals surface area (Å²) in [6.45, 7) is 1.18. The lowest BCUT2D eigenvalue weighted by molar-refractivity contribution is 0.275. The summed E-state index contributed by atoms with van der Waals surface area (Å²) in [4.78, 5) is 0. The highest BCUT2D eigenvalue weighted by molar-refractivity contribution is 5.44. The largest absolute Gasteiger partial charge is 0.496 e. The molecule has 0 aromatic heterocycles. The van der Waals surface area contributed by atoms with Crippen LogP contribution >= 0.6 is 0 Å². The predicted octanol–water partition coefficient (Wildman–Crippen LogP) is 0.838. The van der Waals surface area contributed by atoms with Crippen LogP contribution in [0, 0.1) is 11.3 Å². The third-order valence-corrected chi connectivity index (χ3v) is 1.88. The lowest BCUT2D eigenvalue weighted by atomic mass is 10.1. The Morgan fingerprint density at radius 1 is 1.58 bits per heavy atom. The van der Waals surface area contributed by atoms with E-state index in [0.717, 1.165) is 16.8 Å². The van der Waals surface area contributed by atoms with Crippen molar-refractivity contribution in [3.8, 4) is 6.07 Å². The SMILES string of the molecule is N#CC1=CC2=C(C=COC2)NC1. The quantitative estimate of drug-likeness (QED) is 0.571. The number of hydrogen-bond acceptors (Lipinski definition) is 3. The highest BCUT2D eigenvalue weighted by atomic mass is 16.5. The van der Waals surface area contributed by atoms with Gasteiger partial charge in [-0.2, -0.15) is 5.26 Å². The first kappa shape index (κ1) is 6.99. The molecule has 0 bridgehead atoms. The molecule has 0 aliphatic carbocycles. The van der Waals surface area contributed by atoms with E-state index < -0.39 is 0 Å². The molecule has 0 fully saturated rings. The molecule has 0 amide bonds. The number of nitriles is 1. The summed E-state index contributed by atoms with van der Waals surface area (Å²) in [5, 5.41) is 11.8. The minimum absolute atomic E-state index is 0.560. The van der Waals surface area contributed by atoms with Crippen LogP contribution in [0.5, 0.6) is 0 Å². The monoisotopic (exact) mass is 160 g/mol. The van der Waals surface area contributed by atoms with Crippen LogP contribution in [0.4, 0.5) is 0 Å². The van der Waals surface area contributed by atoms with Crippen molar-refractivity contribution < 1.29 is 4.74 Å². The summed E-state index contributed by atoms with van der Waals surface area (Å²) in [5.41, 5.74) is 2.88. The second-order valence-electron chi connectivity index (χ2n) is 2.69. The molecule has 0 unspecified atom stereocenters. The van der Waals surface area contributed by atoms with Gasteiger partial charge in [0, 0.05) is 16.8 Å². The van der Waals surface area contributed by atoms with Gasteiger partial charge in [0.05, 0.1) is 18.9 Å². The third kappa shape index (κ3) is 1.08. The van der Waals surface area contributed by atoms with Crippen molar-refractivity contribution >= 4 is 0 Å². The van der Waals surface area contributed by atoms with E-state index >= 15 is 0 Å². The number of nitrogens with zero attached hydrogens (tertiary/aromatic N) is 1. The van der Waals surface area contributed by atoms with Gasteiger partial charge in [-0.15, -0.1) is 0 Å². The van der Waals surface area contributed by atoms with Gasteiger partial charge in [-0.25, -0.2) is 0 Å². The molecule has 0 saturated heterocycles. The zero-order valence-electron chi connectivity index (χ0n) is 6.50. The van der Waals surface area contributed by atoms with Gasteiger partial charge < -0.3 is 10.1 Å². The highest BCUT2D eigenvalue weighted by Crippen LogP contribution is 2.17. The first-order valence-corrected chi connectivity index (χ1v) is 3.76. The van der Waals surface area contributed by atoms with Crippen LogP contribution in [-0.4, -0.2) is 13.2 Å². The lowest BCUT2D eigenvalue weighted by Crippen LogP contribution is -2.23. The second-order valence-corrected chi connectivity index (χ2v) is 2.69. The van der Waals surface area contributed by atoms with Crippen LogP contribution in [0.2, 0.25) is 0 Å². The van der Waals surface area contributed by atoms with Gasteiger partial charge in [-0.1, -0.05) is 0 Å². The Balaban J connectivity index is 2.34. The summed E-state index contributed by atoms with van der Waals surface area (Å²) in [6, 6.07) is 2.12. The fourth-order valence-electron chi connectivity index (χ4n) is 1.25. The first-order valence-electron chi connectivity index (χ1n) is 3.76. The molecule has 0 aromatic rings. The Kier molecular flexibility index (Phi) is 1.60. The Hall–Kier alpha value is -1.69. The molecule has 60 valence electrons. The molecule has 2 heterocycles. The molecule has 1 N–H and O–H groups in total. The van der Waals surface area contributed by atoms with Crippen LogP contribution in [0.3, 0.4) is 0 Å². The standard InChI is InChI=1S/C9H8N2O/c10-4-7-3-8-6-12-2-1-9(8)11-5-7/h1-3,11H,5-6H2. The Morgan fingerprint density at radius 3 is 3.33 bits per heavy atom. The number of dihydropyridines is 1. The first-order chi connectivity index (χ1) is 5.90. The maximum atomic E-state index is 8.64. The normalized spacial score (nSPS) is 20.1. The summed E-state index contributed by atoms with van der Waals surface area (Å²) in [6.07, 6.45) is 5.43. The maximum absolute atomic E-state index is 8.64. The van der Waals surface area contributed by atoms with Crippen molar-refractivity contribution in [2.45, 2.75) is 0 Å². The zero-order valence-corrected chi connectivity index (χ0v) is 6.50. The van der Waals surface area contributed by atoms with Crippen molar-refractivity contribution in [3.63, 3.8) is 0 Å². The molecular formula is C9H8N2O. The second kappa shape index (κ2) is 2.74. The molecular weight excluding hydrogens is 152 g/mol. The van der Waals surface area contributed by atoms with Crippen LogP contribution in [0.15, 0.2) is 35.3 Å². The average Bonchev–Trinajstić information content (AvgIpc) is 2.17. The van der Waals surface area contributed by atoms with Crippen LogP contribution in [0.25, 0.3) is 0 Å². The van der Waals surface area contributed by atoms with E-state index in [-0.39, 0.29) is 0 Å². The zero-order chi connectivity index (χ0) is 8.39. The summed E-state index contributed by atoms with van der Waals surface area (Å²) >= 11 is 0. The Bertz CT molecular complexity index is 331. The molecule has 3 heteroatoms. The van der Waals surface area contributed by atoms with Crippen molar-refractivity contribution in [3.05, 3.63) is 35.3 Å². The smallest absolute Gasteiger partial charge is 0.114 e. The average molecular weight is 160 g/mol.